The Morgan fingerprint density at radius 1 is 1.34 bits per heavy atom. The van der Waals surface area contributed by atoms with Gasteiger partial charge in [0.1, 0.15) is 5.83 Å². The molecule has 2 heterocycles. The van der Waals surface area contributed by atoms with Gasteiger partial charge in [-0.05, 0) is 25.0 Å². The van der Waals surface area contributed by atoms with Gasteiger partial charge >= 0.3 is 0 Å². The van der Waals surface area contributed by atoms with Crippen LogP contribution >= 0.6 is 11.6 Å². The Morgan fingerprint density at radius 3 is 2.72 bits per heavy atom. The Labute approximate surface area is 172 Å². The van der Waals surface area contributed by atoms with Gasteiger partial charge in [0.2, 0.25) is 5.91 Å². The minimum Gasteiger partial charge on any atom is -0.491 e. The van der Waals surface area contributed by atoms with E-state index in [1.54, 1.807) is 12.3 Å². The van der Waals surface area contributed by atoms with E-state index in [0.717, 1.165) is 12.8 Å². The fraction of sp³-hybridized carbons (Fsp3) is 0.200. The first kappa shape index (κ1) is 20.5. The van der Waals surface area contributed by atoms with Crippen molar-refractivity contribution >= 4 is 40.3 Å². The summed E-state index contributed by atoms with van der Waals surface area (Å²) >= 11 is 5.77. The highest BCUT2D eigenvalue weighted by molar-refractivity contribution is 6.31. The predicted octanol–water partition coefficient (Wildman–Crippen LogP) is 4.59. The number of anilines is 3. The minimum atomic E-state index is -0.760. The lowest BCUT2D eigenvalue weighted by molar-refractivity contribution is -0.117. The van der Waals surface area contributed by atoms with Crippen LogP contribution in [-0.2, 0) is 4.79 Å². The Morgan fingerprint density at radius 2 is 2.10 bits per heavy atom. The highest BCUT2D eigenvalue weighted by Crippen LogP contribution is 2.34. The first-order chi connectivity index (χ1) is 13.9. The van der Waals surface area contributed by atoms with Crippen LogP contribution in [-0.4, -0.2) is 28.0 Å². The van der Waals surface area contributed by atoms with E-state index in [1.165, 1.54) is 25.6 Å². The molecule has 1 amide bonds. The van der Waals surface area contributed by atoms with Crippen molar-refractivity contribution in [3.63, 3.8) is 0 Å². The number of methoxy groups -OCH3 is 1. The van der Waals surface area contributed by atoms with E-state index in [2.05, 4.69) is 38.7 Å². The highest BCUT2D eigenvalue weighted by Gasteiger charge is 2.30. The summed E-state index contributed by atoms with van der Waals surface area (Å²) in [6.07, 6.45) is 7.53. The quantitative estimate of drug-likeness (QED) is 0.613. The molecule has 29 heavy (non-hydrogen) atoms. The van der Waals surface area contributed by atoms with Crippen LogP contribution in [0.2, 0.25) is 0 Å². The van der Waals surface area contributed by atoms with Crippen molar-refractivity contribution in [2.45, 2.75) is 12.8 Å². The molecule has 1 saturated carbocycles. The van der Waals surface area contributed by atoms with Crippen molar-refractivity contribution in [3.05, 3.63) is 60.6 Å². The summed E-state index contributed by atoms with van der Waals surface area (Å²) < 4.78 is 19.2. The maximum absolute atomic E-state index is 13.9. The number of carbonyl (C=O) groups is 1. The molecule has 150 valence electrons. The second-order valence-corrected chi connectivity index (χ2v) is 6.82. The molecule has 9 heteroatoms. The maximum atomic E-state index is 13.9. The van der Waals surface area contributed by atoms with Crippen molar-refractivity contribution in [1.82, 2.24) is 15.0 Å². The molecule has 0 unspecified atom stereocenters. The van der Waals surface area contributed by atoms with E-state index in [0.29, 0.717) is 17.1 Å². The molecule has 0 aromatic carbocycles. The van der Waals surface area contributed by atoms with Gasteiger partial charge in [0.25, 0.3) is 0 Å². The Balaban J connectivity index is 1.95. The van der Waals surface area contributed by atoms with Gasteiger partial charge in [0, 0.05) is 17.1 Å². The van der Waals surface area contributed by atoms with Crippen molar-refractivity contribution < 1.29 is 13.9 Å². The van der Waals surface area contributed by atoms with Gasteiger partial charge in [-0.2, -0.15) is 0 Å². The number of aromatic nitrogens is 3. The predicted molar refractivity (Wildman–Crippen MR) is 111 cm³/mol. The maximum Gasteiger partial charge on any atom is 0.227 e. The van der Waals surface area contributed by atoms with Crippen molar-refractivity contribution in [2.75, 3.05) is 17.7 Å². The third-order valence-corrected chi connectivity index (χ3v) is 4.20. The van der Waals surface area contributed by atoms with Crippen molar-refractivity contribution in [2.24, 2.45) is 5.92 Å². The zero-order chi connectivity index (χ0) is 21.0. The number of carbonyl (C=O) groups excluding carboxylic acids is 1. The van der Waals surface area contributed by atoms with Crippen LogP contribution in [0.1, 0.15) is 18.7 Å². The Kier molecular flexibility index (Phi) is 6.23. The summed E-state index contributed by atoms with van der Waals surface area (Å²) in [6, 6.07) is 1.68. The summed E-state index contributed by atoms with van der Waals surface area (Å²) in [6.45, 7) is 6.81. The molecule has 1 aliphatic carbocycles. The van der Waals surface area contributed by atoms with Crippen molar-refractivity contribution in [3.8, 4) is 5.75 Å². The van der Waals surface area contributed by atoms with Crippen LogP contribution in [0, 0.1) is 5.92 Å². The number of hydrogen-bond acceptors (Lipinski definition) is 6. The van der Waals surface area contributed by atoms with Crippen molar-refractivity contribution in [1.29, 1.82) is 0 Å². The van der Waals surface area contributed by atoms with Crippen LogP contribution in [0.15, 0.2) is 54.7 Å². The monoisotopic (exact) mass is 415 g/mol. The molecule has 1 fully saturated rings. The summed E-state index contributed by atoms with van der Waals surface area (Å²) in [5, 5.41) is 6.03. The lowest BCUT2D eigenvalue weighted by Gasteiger charge is -2.15. The molecule has 0 aliphatic heterocycles. The largest absolute Gasteiger partial charge is 0.491 e. The number of ether oxygens (including phenoxy) is 1. The summed E-state index contributed by atoms with van der Waals surface area (Å²) in [7, 11) is 1.46. The van der Waals surface area contributed by atoms with Crippen LogP contribution < -0.4 is 15.4 Å². The molecule has 2 aromatic rings. The standard InChI is InChI=1S/C20H19ClFN5O2/c1-11(21)8-14(12(2)22)18-24-10-17(29-3)19(27-18)25-15-6-7-23-9-16(15)26-20(28)13-4-5-13/h6-10,13H,1-2,4-5H2,3H3,(H,26,28)(H,23,24,25,27)/b14-8+. The number of amides is 1. The first-order valence-electron chi connectivity index (χ1n) is 8.73. The number of halogens is 2. The molecule has 0 spiro atoms. The van der Waals surface area contributed by atoms with Gasteiger partial charge in [0.15, 0.2) is 17.4 Å². The first-order valence-corrected chi connectivity index (χ1v) is 9.11. The van der Waals surface area contributed by atoms with Gasteiger partial charge in [0.05, 0.1) is 36.5 Å². The van der Waals surface area contributed by atoms with Gasteiger partial charge in [-0.15, -0.1) is 0 Å². The molecule has 2 N–H and O–H groups in total. The normalized spacial score (nSPS) is 13.6. The fourth-order valence-corrected chi connectivity index (χ4v) is 2.58. The summed E-state index contributed by atoms with van der Waals surface area (Å²) in [4.78, 5) is 24.6. The van der Waals surface area contributed by atoms with E-state index in [-0.39, 0.29) is 34.1 Å². The average molecular weight is 416 g/mol. The number of rotatable bonds is 8. The molecular formula is C20H19ClFN5O2. The van der Waals surface area contributed by atoms with Crippen LogP contribution in [0.5, 0.6) is 5.75 Å². The number of allylic oxidation sites excluding steroid dienone is 4. The zero-order valence-electron chi connectivity index (χ0n) is 15.7. The Bertz CT molecular complexity index is 1000. The Hall–Kier alpha value is -3.26. The number of nitrogens with zero attached hydrogens (tertiary/aromatic N) is 3. The molecule has 2 aromatic heterocycles. The second kappa shape index (κ2) is 8.83. The molecule has 0 atom stereocenters. The zero-order valence-corrected chi connectivity index (χ0v) is 16.5. The van der Waals surface area contributed by atoms with Gasteiger partial charge in [-0.25, -0.2) is 14.4 Å². The van der Waals surface area contributed by atoms with Gasteiger partial charge in [-0.1, -0.05) is 24.8 Å². The molecule has 0 radical (unpaired) electrons. The number of pyridine rings is 1. The highest BCUT2D eigenvalue weighted by atomic mass is 35.5. The van der Waals surface area contributed by atoms with Crippen LogP contribution in [0.4, 0.5) is 21.6 Å². The van der Waals surface area contributed by atoms with Crippen LogP contribution in [0.25, 0.3) is 5.57 Å². The van der Waals surface area contributed by atoms with E-state index < -0.39 is 5.83 Å². The lowest BCUT2D eigenvalue weighted by Crippen LogP contribution is -2.15. The van der Waals surface area contributed by atoms with E-state index in [4.69, 9.17) is 16.3 Å². The SMILES string of the molecule is C=C(Cl)/C=C(\C(=C)F)c1ncc(OC)c(Nc2ccncc2NC(=O)C2CC2)n1. The van der Waals surface area contributed by atoms with E-state index >= 15 is 0 Å². The fourth-order valence-electron chi connectivity index (χ4n) is 2.47. The van der Waals surface area contributed by atoms with E-state index in [1.807, 2.05) is 0 Å². The molecule has 0 bridgehead atoms. The smallest absolute Gasteiger partial charge is 0.227 e. The van der Waals surface area contributed by atoms with Crippen LogP contribution in [0.3, 0.4) is 0 Å². The summed E-state index contributed by atoms with van der Waals surface area (Å²) in [5.41, 5.74) is 1.03. The molecule has 1 aliphatic rings. The molecule has 7 nitrogen and oxygen atoms in total. The molecular weight excluding hydrogens is 397 g/mol. The minimum absolute atomic E-state index is 0.00677. The second-order valence-electron chi connectivity index (χ2n) is 6.33. The third-order valence-electron chi connectivity index (χ3n) is 4.09. The molecule has 0 saturated heterocycles. The lowest BCUT2D eigenvalue weighted by atomic mass is 10.2. The average Bonchev–Trinajstić information content (AvgIpc) is 3.52. The number of hydrogen-bond donors (Lipinski definition) is 2. The summed E-state index contributed by atoms with van der Waals surface area (Å²) in [5.74, 6) is -0.160. The van der Waals surface area contributed by atoms with Gasteiger partial charge in [-0.3, -0.25) is 9.78 Å². The van der Waals surface area contributed by atoms with Gasteiger partial charge < -0.3 is 15.4 Å². The van der Waals surface area contributed by atoms with E-state index in [9.17, 15) is 9.18 Å². The third kappa shape index (κ3) is 5.17. The topological polar surface area (TPSA) is 89.0 Å². The molecule has 3 rings (SSSR count). The number of nitrogens with one attached hydrogen (secondary N) is 2.